The van der Waals surface area contributed by atoms with Crippen molar-refractivity contribution in [2.45, 2.75) is 5.75 Å². The minimum atomic E-state index is -0.570. The van der Waals surface area contributed by atoms with Crippen LogP contribution in [0.1, 0.15) is 11.1 Å². The van der Waals surface area contributed by atoms with Gasteiger partial charge in [-0.3, -0.25) is 0 Å². The molecule has 0 heterocycles. The predicted molar refractivity (Wildman–Crippen MR) is 77.5 cm³/mol. The van der Waals surface area contributed by atoms with Gasteiger partial charge in [0.2, 0.25) is 0 Å². The number of rotatable bonds is 4. The smallest absolute Gasteiger partial charge is 0.133 e. The summed E-state index contributed by atoms with van der Waals surface area (Å²) in [5.74, 6) is -0.415. The molecule has 19 heavy (non-hydrogen) atoms. The van der Waals surface area contributed by atoms with E-state index in [0.29, 0.717) is 11.3 Å². The van der Waals surface area contributed by atoms with Crippen LogP contribution in [0.25, 0.3) is 6.08 Å². The second kappa shape index (κ2) is 6.38. The third-order valence-electron chi connectivity index (χ3n) is 2.60. The van der Waals surface area contributed by atoms with Crippen LogP contribution in [0.2, 0.25) is 0 Å². The molecule has 0 unspecified atom stereocenters. The fraction of sp³-hybridized carbons (Fsp3) is 0.0667. The lowest BCUT2D eigenvalue weighted by Gasteiger charge is -2.02. The van der Waals surface area contributed by atoms with E-state index in [1.165, 1.54) is 23.9 Å². The first-order chi connectivity index (χ1) is 9.16. The Bertz CT molecular complexity index is 596. The summed E-state index contributed by atoms with van der Waals surface area (Å²) in [6.45, 7) is 0. The molecule has 0 aliphatic heterocycles. The van der Waals surface area contributed by atoms with Gasteiger partial charge in [-0.05, 0) is 35.2 Å². The normalized spacial score (nSPS) is 11.1. The van der Waals surface area contributed by atoms with Gasteiger partial charge in [-0.25, -0.2) is 8.78 Å². The molecule has 0 aromatic heterocycles. The number of anilines is 1. The zero-order chi connectivity index (χ0) is 13.7. The van der Waals surface area contributed by atoms with Gasteiger partial charge in [0.15, 0.2) is 0 Å². The van der Waals surface area contributed by atoms with Gasteiger partial charge in [0.05, 0.1) is 0 Å². The number of nitrogens with two attached hydrogens (primary N) is 1. The summed E-state index contributed by atoms with van der Waals surface area (Å²) in [6.07, 6.45) is 1.62. The maximum Gasteiger partial charge on any atom is 0.133 e. The number of thioether (sulfide) groups is 1. The van der Waals surface area contributed by atoms with Gasteiger partial charge in [-0.1, -0.05) is 18.2 Å². The van der Waals surface area contributed by atoms with E-state index in [1.54, 1.807) is 11.5 Å². The van der Waals surface area contributed by atoms with Crippen LogP contribution >= 0.6 is 11.8 Å². The van der Waals surface area contributed by atoms with Gasteiger partial charge >= 0.3 is 0 Å². The highest BCUT2D eigenvalue weighted by Crippen LogP contribution is 2.20. The van der Waals surface area contributed by atoms with E-state index in [9.17, 15) is 8.78 Å². The van der Waals surface area contributed by atoms with Crippen molar-refractivity contribution in [3.8, 4) is 0 Å². The lowest BCUT2D eigenvalue weighted by Crippen LogP contribution is -1.90. The Balaban J connectivity index is 1.95. The lowest BCUT2D eigenvalue weighted by atomic mass is 10.2. The summed E-state index contributed by atoms with van der Waals surface area (Å²) in [6, 6.07) is 11.1. The predicted octanol–water partition coefficient (Wildman–Crippen LogP) is 4.45. The van der Waals surface area contributed by atoms with E-state index in [1.807, 2.05) is 24.3 Å². The Morgan fingerprint density at radius 1 is 1.11 bits per heavy atom. The van der Waals surface area contributed by atoms with Crippen LogP contribution in [0.5, 0.6) is 0 Å². The maximum absolute atomic E-state index is 13.3. The molecule has 0 saturated heterocycles. The van der Waals surface area contributed by atoms with E-state index in [2.05, 4.69) is 0 Å². The maximum atomic E-state index is 13.3. The van der Waals surface area contributed by atoms with Crippen molar-refractivity contribution in [3.05, 3.63) is 70.6 Å². The van der Waals surface area contributed by atoms with Crippen LogP contribution in [0.3, 0.4) is 0 Å². The fourth-order valence-electron chi connectivity index (χ4n) is 1.56. The van der Waals surface area contributed by atoms with Gasteiger partial charge in [0.1, 0.15) is 11.6 Å². The zero-order valence-corrected chi connectivity index (χ0v) is 11.0. The Morgan fingerprint density at radius 2 is 1.89 bits per heavy atom. The SMILES string of the molecule is Nc1ccccc1CSC=Cc1ccc(F)cc1F. The Hall–Kier alpha value is -1.81. The highest BCUT2D eigenvalue weighted by atomic mass is 32.2. The molecule has 98 valence electrons. The molecule has 2 aromatic rings. The number of hydrogen-bond donors (Lipinski definition) is 1. The van der Waals surface area contributed by atoms with Crippen molar-refractivity contribution in [2.24, 2.45) is 0 Å². The van der Waals surface area contributed by atoms with Gasteiger partial charge < -0.3 is 5.73 Å². The molecule has 0 bridgehead atoms. The lowest BCUT2D eigenvalue weighted by molar-refractivity contribution is 0.581. The van der Waals surface area contributed by atoms with Crippen LogP contribution in [-0.2, 0) is 5.75 Å². The summed E-state index contributed by atoms with van der Waals surface area (Å²) < 4.78 is 26.1. The van der Waals surface area contributed by atoms with Crippen LogP contribution in [0.15, 0.2) is 47.9 Å². The molecule has 0 amide bonds. The molecule has 2 rings (SSSR count). The van der Waals surface area contributed by atoms with Crippen molar-refractivity contribution >= 4 is 23.5 Å². The molecule has 2 N–H and O–H groups in total. The fourth-order valence-corrected chi connectivity index (χ4v) is 2.34. The quantitative estimate of drug-likeness (QED) is 0.835. The summed E-state index contributed by atoms with van der Waals surface area (Å²) in [4.78, 5) is 0. The first-order valence-corrected chi connectivity index (χ1v) is 6.78. The molecule has 0 aliphatic rings. The van der Waals surface area contributed by atoms with Crippen molar-refractivity contribution in [3.63, 3.8) is 0 Å². The molecule has 0 fully saturated rings. The second-order valence-corrected chi connectivity index (χ2v) is 4.87. The first-order valence-electron chi connectivity index (χ1n) is 5.73. The van der Waals surface area contributed by atoms with Crippen molar-refractivity contribution in [1.82, 2.24) is 0 Å². The summed E-state index contributed by atoms with van der Waals surface area (Å²) in [5.41, 5.74) is 7.97. The zero-order valence-electron chi connectivity index (χ0n) is 10.1. The molecule has 0 aliphatic carbocycles. The average Bonchev–Trinajstić information content (AvgIpc) is 2.38. The number of hydrogen-bond acceptors (Lipinski definition) is 2. The van der Waals surface area contributed by atoms with Crippen LogP contribution in [0.4, 0.5) is 14.5 Å². The first kappa shape index (κ1) is 13.6. The van der Waals surface area contributed by atoms with Gasteiger partial charge in [-0.2, -0.15) is 0 Å². The third kappa shape index (κ3) is 3.83. The molecule has 0 saturated carbocycles. The minimum absolute atomic E-state index is 0.370. The van der Waals surface area contributed by atoms with Crippen LogP contribution in [0, 0.1) is 11.6 Å². The molecule has 0 radical (unpaired) electrons. The largest absolute Gasteiger partial charge is 0.398 e. The number of para-hydroxylation sites is 1. The molecular formula is C15H13F2NS. The highest BCUT2D eigenvalue weighted by Gasteiger charge is 2.00. The van der Waals surface area contributed by atoms with Gasteiger partial charge in [-0.15, -0.1) is 11.8 Å². The Labute approximate surface area is 115 Å². The number of nitrogen functional groups attached to an aromatic ring is 1. The van der Waals surface area contributed by atoms with Crippen molar-refractivity contribution < 1.29 is 8.78 Å². The highest BCUT2D eigenvalue weighted by molar-refractivity contribution is 8.01. The molecular weight excluding hydrogens is 264 g/mol. The van der Waals surface area contributed by atoms with E-state index >= 15 is 0 Å². The van der Waals surface area contributed by atoms with Crippen LogP contribution < -0.4 is 5.73 Å². The Kier molecular flexibility index (Phi) is 4.58. The van der Waals surface area contributed by atoms with Crippen molar-refractivity contribution in [1.29, 1.82) is 0 Å². The molecule has 0 spiro atoms. The molecule has 2 aromatic carbocycles. The van der Waals surface area contributed by atoms with Gasteiger partial charge in [0, 0.05) is 23.1 Å². The second-order valence-electron chi connectivity index (χ2n) is 3.98. The standard InChI is InChI=1S/C15H13F2NS/c16-13-6-5-11(14(17)9-13)7-8-19-10-12-3-1-2-4-15(12)18/h1-9H,10,18H2. The minimum Gasteiger partial charge on any atom is -0.398 e. The molecule has 0 atom stereocenters. The van der Waals surface area contributed by atoms with E-state index in [-0.39, 0.29) is 0 Å². The van der Waals surface area contributed by atoms with E-state index < -0.39 is 11.6 Å². The van der Waals surface area contributed by atoms with E-state index in [4.69, 9.17) is 5.73 Å². The molecule has 4 heteroatoms. The van der Waals surface area contributed by atoms with E-state index in [0.717, 1.165) is 17.3 Å². The third-order valence-corrected chi connectivity index (χ3v) is 3.41. The monoisotopic (exact) mass is 277 g/mol. The summed E-state index contributed by atoms with van der Waals surface area (Å²) in [7, 11) is 0. The Morgan fingerprint density at radius 3 is 2.63 bits per heavy atom. The summed E-state index contributed by atoms with van der Waals surface area (Å²) in [5, 5.41) is 1.78. The van der Waals surface area contributed by atoms with Crippen LogP contribution in [-0.4, -0.2) is 0 Å². The number of benzene rings is 2. The molecule has 1 nitrogen and oxygen atoms in total. The topological polar surface area (TPSA) is 26.0 Å². The summed E-state index contributed by atoms with van der Waals surface area (Å²) >= 11 is 1.51. The van der Waals surface area contributed by atoms with Crippen molar-refractivity contribution in [2.75, 3.05) is 5.73 Å². The number of halogens is 2. The average molecular weight is 277 g/mol. The van der Waals surface area contributed by atoms with Gasteiger partial charge in [0.25, 0.3) is 0 Å².